The molecule has 0 bridgehead atoms. The second-order valence-electron chi connectivity index (χ2n) is 4.47. The van der Waals surface area contributed by atoms with Crippen LogP contribution in [0.5, 0.6) is 5.75 Å². The van der Waals surface area contributed by atoms with Gasteiger partial charge in [0, 0.05) is 18.3 Å². The lowest BCUT2D eigenvalue weighted by molar-refractivity contribution is 0.267. The topological polar surface area (TPSA) is 47.3 Å². The van der Waals surface area contributed by atoms with E-state index in [1.54, 1.807) is 12.5 Å². The van der Waals surface area contributed by atoms with Crippen LogP contribution in [0.1, 0.15) is 30.4 Å². The molecule has 0 unspecified atom stereocenters. The zero-order valence-corrected chi connectivity index (χ0v) is 11.5. The summed E-state index contributed by atoms with van der Waals surface area (Å²) in [5.41, 5.74) is 2.04. The van der Waals surface area contributed by atoms with Crippen molar-refractivity contribution in [2.75, 3.05) is 6.54 Å². The summed E-state index contributed by atoms with van der Waals surface area (Å²) in [5, 5.41) is 3.34. The average Bonchev–Trinajstić information content (AvgIpc) is 2.86. The molecule has 0 aliphatic rings. The third kappa shape index (κ3) is 4.10. The molecule has 2 aromatic rings. The number of aryl methyl sites for hydroxylation is 1. The van der Waals surface area contributed by atoms with Gasteiger partial charge in [-0.15, -0.1) is 0 Å². The van der Waals surface area contributed by atoms with Crippen molar-refractivity contribution in [3.05, 3.63) is 47.7 Å². The van der Waals surface area contributed by atoms with E-state index in [1.165, 1.54) is 0 Å². The molecule has 2 aromatic heterocycles. The van der Waals surface area contributed by atoms with Gasteiger partial charge >= 0.3 is 0 Å². The van der Waals surface area contributed by atoms with Crippen molar-refractivity contribution < 1.29 is 9.15 Å². The lowest BCUT2D eigenvalue weighted by atomic mass is 10.3. The molecule has 102 valence electrons. The number of rotatable bonds is 7. The van der Waals surface area contributed by atoms with Crippen LogP contribution in [-0.2, 0) is 13.2 Å². The first kappa shape index (κ1) is 13.6. The fraction of sp³-hybridized carbons (Fsp3) is 0.400. The van der Waals surface area contributed by atoms with E-state index in [0.29, 0.717) is 6.61 Å². The maximum absolute atomic E-state index is 5.69. The monoisotopic (exact) mass is 260 g/mol. The Bertz CT molecular complexity index is 508. The minimum Gasteiger partial charge on any atom is -0.484 e. The predicted octanol–water partition coefficient (Wildman–Crippen LogP) is 3.06. The Morgan fingerprint density at radius 1 is 1.42 bits per heavy atom. The van der Waals surface area contributed by atoms with Crippen LogP contribution in [0.2, 0.25) is 0 Å². The fourth-order valence-corrected chi connectivity index (χ4v) is 1.78. The standard InChI is InChI=1S/C15H20N2O2/c1-3-6-16-9-13-8-14(18-10-13)11-19-15-5-4-7-17-12(15)2/h4-5,7-8,10,16H,3,6,9,11H2,1-2H3. The molecule has 1 N–H and O–H groups in total. The van der Waals surface area contributed by atoms with Crippen molar-refractivity contribution in [1.29, 1.82) is 0 Å². The largest absolute Gasteiger partial charge is 0.484 e. The minimum absolute atomic E-state index is 0.431. The molecule has 0 radical (unpaired) electrons. The van der Waals surface area contributed by atoms with Crippen molar-refractivity contribution in [1.82, 2.24) is 10.3 Å². The number of nitrogens with zero attached hydrogens (tertiary/aromatic N) is 1. The van der Waals surface area contributed by atoms with Crippen LogP contribution < -0.4 is 10.1 Å². The van der Waals surface area contributed by atoms with Crippen molar-refractivity contribution in [2.24, 2.45) is 0 Å². The number of hydrogen-bond acceptors (Lipinski definition) is 4. The highest BCUT2D eigenvalue weighted by molar-refractivity contribution is 5.25. The van der Waals surface area contributed by atoms with Crippen molar-refractivity contribution >= 4 is 0 Å². The van der Waals surface area contributed by atoms with Crippen LogP contribution in [0.25, 0.3) is 0 Å². The van der Waals surface area contributed by atoms with Gasteiger partial charge in [-0.2, -0.15) is 0 Å². The number of pyridine rings is 1. The molecule has 0 aliphatic heterocycles. The zero-order valence-electron chi connectivity index (χ0n) is 11.5. The summed E-state index contributed by atoms with van der Waals surface area (Å²) in [7, 11) is 0. The van der Waals surface area contributed by atoms with Crippen LogP contribution in [0, 0.1) is 6.92 Å². The lowest BCUT2D eigenvalue weighted by Crippen LogP contribution is -2.13. The fourth-order valence-electron chi connectivity index (χ4n) is 1.78. The first-order chi connectivity index (χ1) is 9.29. The van der Waals surface area contributed by atoms with E-state index >= 15 is 0 Å². The second kappa shape index (κ2) is 6.95. The van der Waals surface area contributed by atoms with Gasteiger partial charge in [-0.05, 0) is 38.1 Å². The molecule has 0 amide bonds. The zero-order chi connectivity index (χ0) is 13.5. The Morgan fingerprint density at radius 2 is 2.32 bits per heavy atom. The molecule has 2 rings (SSSR count). The normalized spacial score (nSPS) is 10.6. The molecule has 0 fully saturated rings. The first-order valence-electron chi connectivity index (χ1n) is 6.61. The summed E-state index contributed by atoms with van der Waals surface area (Å²) in [5.74, 6) is 1.63. The molecule has 4 nitrogen and oxygen atoms in total. The highest BCUT2D eigenvalue weighted by Crippen LogP contribution is 2.16. The molecule has 0 saturated heterocycles. The minimum atomic E-state index is 0.431. The maximum Gasteiger partial charge on any atom is 0.146 e. The van der Waals surface area contributed by atoms with E-state index in [9.17, 15) is 0 Å². The molecule has 0 aromatic carbocycles. The van der Waals surface area contributed by atoms with Crippen molar-refractivity contribution in [3.63, 3.8) is 0 Å². The van der Waals surface area contributed by atoms with E-state index in [0.717, 1.165) is 42.3 Å². The van der Waals surface area contributed by atoms with Crippen LogP contribution in [0.3, 0.4) is 0 Å². The number of aromatic nitrogens is 1. The van der Waals surface area contributed by atoms with E-state index in [2.05, 4.69) is 17.2 Å². The second-order valence-corrected chi connectivity index (χ2v) is 4.47. The highest BCUT2D eigenvalue weighted by Gasteiger charge is 2.04. The summed E-state index contributed by atoms with van der Waals surface area (Å²) in [6.45, 7) is 6.37. The lowest BCUT2D eigenvalue weighted by Gasteiger charge is -2.05. The SMILES string of the molecule is CCCNCc1coc(COc2cccnc2C)c1. The highest BCUT2D eigenvalue weighted by atomic mass is 16.5. The molecule has 0 aliphatic carbocycles. The molecule has 4 heteroatoms. The molecule has 0 saturated carbocycles. The Labute approximate surface area is 113 Å². The third-order valence-electron chi connectivity index (χ3n) is 2.79. The number of nitrogens with one attached hydrogen (secondary N) is 1. The van der Waals surface area contributed by atoms with Gasteiger partial charge in [-0.25, -0.2) is 0 Å². The van der Waals surface area contributed by atoms with Gasteiger partial charge in [0.2, 0.25) is 0 Å². The van der Waals surface area contributed by atoms with Gasteiger partial charge < -0.3 is 14.5 Å². The predicted molar refractivity (Wildman–Crippen MR) is 74.0 cm³/mol. The molecule has 2 heterocycles. The molecule has 19 heavy (non-hydrogen) atoms. The van der Waals surface area contributed by atoms with Gasteiger partial charge in [0.15, 0.2) is 0 Å². The van der Waals surface area contributed by atoms with Crippen molar-refractivity contribution in [2.45, 2.75) is 33.4 Å². The van der Waals surface area contributed by atoms with E-state index in [-0.39, 0.29) is 0 Å². The molecule has 0 atom stereocenters. The Balaban J connectivity index is 1.85. The van der Waals surface area contributed by atoms with E-state index < -0.39 is 0 Å². The quantitative estimate of drug-likeness (QED) is 0.777. The summed E-state index contributed by atoms with van der Waals surface area (Å²) in [6, 6.07) is 5.80. The van der Waals surface area contributed by atoms with Crippen LogP contribution in [-0.4, -0.2) is 11.5 Å². The van der Waals surface area contributed by atoms with Gasteiger partial charge in [-0.3, -0.25) is 4.98 Å². The van der Waals surface area contributed by atoms with E-state index in [4.69, 9.17) is 9.15 Å². The average molecular weight is 260 g/mol. The maximum atomic E-state index is 5.69. The Kier molecular flexibility index (Phi) is 4.98. The van der Waals surface area contributed by atoms with Gasteiger partial charge in [0.25, 0.3) is 0 Å². The van der Waals surface area contributed by atoms with Gasteiger partial charge in [-0.1, -0.05) is 6.92 Å². The summed E-state index contributed by atoms with van der Waals surface area (Å²) in [4.78, 5) is 4.18. The van der Waals surface area contributed by atoms with Crippen LogP contribution >= 0.6 is 0 Å². The summed E-state index contributed by atoms with van der Waals surface area (Å²) < 4.78 is 11.2. The van der Waals surface area contributed by atoms with Crippen LogP contribution in [0.15, 0.2) is 35.1 Å². The van der Waals surface area contributed by atoms with E-state index in [1.807, 2.05) is 25.1 Å². The van der Waals surface area contributed by atoms with Crippen LogP contribution in [0.4, 0.5) is 0 Å². The molecular weight excluding hydrogens is 240 g/mol. The smallest absolute Gasteiger partial charge is 0.146 e. The number of furan rings is 1. The number of hydrogen-bond donors (Lipinski definition) is 1. The first-order valence-corrected chi connectivity index (χ1v) is 6.61. The number of ether oxygens (including phenoxy) is 1. The van der Waals surface area contributed by atoms with Gasteiger partial charge in [0.1, 0.15) is 18.1 Å². The Morgan fingerprint density at radius 3 is 3.11 bits per heavy atom. The summed E-state index contributed by atoms with van der Waals surface area (Å²) >= 11 is 0. The van der Waals surface area contributed by atoms with Crippen molar-refractivity contribution in [3.8, 4) is 5.75 Å². The molecule has 0 spiro atoms. The Hall–Kier alpha value is -1.81. The van der Waals surface area contributed by atoms with Gasteiger partial charge in [0.05, 0.1) is 12.0 Å². The summed E-state index contributed by atoms with van der Waals surface area (Å²) in [6.07, 6.45) is 4.66. The molecular formula is C15H20N2O2. The third-order valence-corrected chi connectivity index (χ3v) is 2.79.